The van der Waals surface area contributed by atoms with Gasteiger partial charge in [0.1, 0.15) is 11.4 Å². The summed E-state index contributed by atoms with van der Waals surface area (Å²) in [5.74, 6) is 0.600. The molecule has 0 spiro atoms. The van der Waals surface area contributed by atoms with Gasteiger partial charge in [-0.3, -0.25) is 0 Å². The Morgan fingerprint density at radius 3 is 1.73 bits per heavy atom. The topological polar surface area (TPSA) is 38.4 Å². The summed E-state index contributed by atoms with van der Waals surface area (Å²) in [5.41, 5.74) is 10.1. The normalized spacial score (nSPS) is 15.2. The maximum Gasteiger partial charge on any atom is 0.139 e. The lowest BCUT2D eigenvalue weighted by Crippen LogP contribution is -2.25. The molecule has 2 N–H and O–H groups in total. The molecule has 0 amide bonds. The lowest BCUT2D eigenvalue weighted by molar-refractivity contribution is 0.671. The van der Waals surface area contributed by atoms with Crippen molar-refractivity contribution in [3.8, 4) is 0 Å². The Bertz CT molecular complexity index is 796. The van der Waals surface area contributed by atoms with E-state index in [0.717, 1.165) is 22.3 Å². The Hall–Kier alpha value is -2.87. The Morgan fingerprint density at radius 2 is 1.14 bits per heavy atom. The van der Waals surface area contributed by atoms with Crippen LogP contribution in [0.5, 0.6) is 0 Å². The maximum atomic E-state index is 6.25. The molecule has 2 nitrogen and oxygen atoms in total. The van der Waals surface area contributed by atoms with Gasteiger partial charge in [0.2, 0.25) is 0 Å². The number of nitrogens with two attached hydrogens (primary N) is 1. The number of hydrogen-bond donors (Lipinski definition) is 1. The zero-order valence-electron chi connectivity index (χ0n) is 12.1. The zero-order chi connectivity index (χ0) is 15.0. The van der Waals surface area contributed by atoms with E-state index in [2.05, 4.69) is 30.3 Å². The minimum Gasteiger partial charge on any atom is -0.383 e. The third-order valence-electron chi connectivity index (χ3n) is 4.26. The lowest BCUT2D eigenvalue weighted by Gasteiger charge is -2.29. The highest BCUT2D eigenvalue weighted by molar-refractivity contribution is 6.03. The van der Waals surface area contributed by atoms with Gasteiger partial charge < -0.3 is 5.73 Å². The lowest BCUT2D eigenvalue weighted by atomic mass is 9.78. The Kier molecular flexibility index (Phi) is 2.83. The predicted octanol–water partition coefficient (Wildman–Crippen LogP) is 3.70. The molecular weight excluding hydrogens is 268 g/mol. The molecule has 0 bridgehead atoms. The first-order valence-electron chi connectivity index (χ1n) is 7.38. The van der Waals surface area contributed by atoms with Gasteiger partial charge >= 0.3 is 0 Å². The summed E-state index contributed by atoms with van der Waals surface area (Å²) in [5, 5.41) is 0. The number of benzene rings is 3. The van der Waals surface area contributed by atoms with Gasteiger partial charge in [-0.2, -0.15) is 0 Å². The van der Waals surface area contributed by atoms with Gasteiger partial charge in [0.25, 0.3) is 0 Å². The van der Waals surface area contributed by atoms with Gasteiger partial charge in [-0.1, -0.05) is 84.9 Å². The number of amidine groups is 1. The second-order valence-electron chi connectivity index (χ2n) is 5.49. The molecule has 4 rings (SSSR count). The second kappa shape index (κ2) is 4.85. The van der Waals surface area contributed by atoms with Gasteiger partial charge in [-0.15, -0.1) is 0 Å². The van der Waals surface area contributed by atoms with E-state index in [1.54, 1.807) is 0 Å². The fraction of sp³-hybridized carbons (Fsp3) is 0.0500. The number of hydrogen-bond acceptors (Lipinski definition) is 2. The van der Waals surface area contributed by atoms with Gasteiger partial charge in [0.15, 0.2) is 0 Å². The molecule has 22 heavy (non-hydrogen) atoms. The third kappa shape index (κ3) is 1.70. The van der Waals surface area contributed by atoms with E-state index in [9.17, 15) is 0 Å². The van der Waals surface area contributed by atoms with E-state index in [1.165, 1.54) is 0 Å². The summed E-state index contributed by atoms with van der Waals surface area (Å²) >= 11 is 0. The van der Waals surface area contributed by atoms with E-state index < -0.39 is 5.54 Å². The predicted molar refractivity (Wildman–Crippen MR) is 89.9 cm³/mol. The molecule has 3 aromatic carbocycles. The molecule has 0 saturated heterocycles. The van der Waals surface area contributed by atoms with E-state index in [-0.39, 0.29) is 0 Å². The van der Waals surface area contributed by atoms with Crippen LogP contribution in [0.2, 0.25) is 0 Å². The van der Waals surface area contributed by atoms with Crippen molar-refractivity contribution in [2.75, 3.05) is 0 Å². The van der Waals surface area contributed by atoms with Crippen LogP contribution in [0.1, 0.15) is 22.3 Å². The number of nitrogens with zero attached hydrogens (tertiary/aromatic N) is 1. The molecular formula is C20H16N2. The van der Waals surface area contributed by atoms with Gasteiger partial charge in [-0.25, -0.2) is 4.99 Å². The van der Waals surface area contributed by atoms with Crippen LogP contribution in [0.25, 0.3) is 0 Å². The number of aliphatic imine (C=N–C) groups is 1. The largest absolute Gasteiger partial charge is 0.383 e. The van der Waals surface area contributed by atoms with Crippen molar-refractivity contribution in [3.05, 3.63) is 107 Å². The van der Waals surface area contributed by atoms with E-state index in [4.69, 9.17) is 10.7 Å². The van der Waals surface area contributed by atoms with Crippen molar-refractivity contribution < 1.29 is 0 Å². The molecule has 2 heteroatoms. The van der Waals surface area contributed by atoms with Crippen molar-refractivity contribution in [3.63, 3.8) is 0 Å². The Morgan fingerprint density at radius 1 is 0.636 bits per heavy atom. The highest BCUT2D eigenvalue weighted by atomic mass is 15.0. The van der Waals surface area contributed by atoms with Crippen molar-refractivity contribution in [2.24, 2.45) is 10.7 Å². The minimum absolute atomic E-state index is 0.552. The average Bonchev–Trinajstić information content (AvgIpc) is 2.91. The van der Waals surface area contributed by atoms with Crippen LogP contribution < -0.4 is 5.73 Å². The summed E-state index contributed by atoms with van der Waals surface area (Å²) in [7, 11) is 0. The zero-order valence-corrected chi connectivity index (χ0v) is 12.1. The monoisotopic (exact) mass is 284 g/mol. The molecule has 0 aliphatic carbocycles. The van der Waals surface area contributed by atoms with Crippen LogP contribution in [0, 0.1) is 0 Å². The van der Waals surface area contributed by atoms with Crippen LogP contribution in [0.3, 0.4) is 0 Å². The van der Waals surface area contributed by atoms with E-state index in [0.29, 0.717) is 5.84 Å². The Labute approximate surface area is 130 Å². The highest BCUT2D eigenvalue weighted by Gasteiger charge is 2.42. The van der Waals surface area contributed by atoms with Gasteiger partial charge in [0, 0.05) is 5.56 Å². The van der Waals surface area contributed by atoms with Crippen LogP contribution in [-0.2, 0) is 5.54 Å². The smallest absolute Gasteiger partial charge is 0.139 e. The second-order valence-corrected chi connectivity index (χ2v) is 5.49. The standard InChI is InChI=1S/C20H16N2/c21-19-17-13-7-8-14-18(17)20(22-19,15-9-3-1-4-10-15)16-11-5-2-6-12-16/h1-14H,(H2,21,22). The fourth-order valence-electron chi connectivity index (χ4n) is 3.29. The molecule has 0 fully saturated rings. The first kappa shape index (κ1) is 12.8. The summed E-state index contributed by atoms with van der Waals surface area (Å²) in [4.78, 5) is 4.92. The van der Waals surface area contributed by atoms with Crippen molar-refractivity contribution in [1.82, 2.24) is 0 Å². The molecule has 0 atom stereocenters. The molecule has 0 saturated carbocycles. The van der Waals surface area contributed by atoms with E-state index >= 15 is 0 Å². The van der Waals surface area contributed by atoms with Crippen LogP contribution in [0.4, 0.5) is 0 Å². The Balaban J connectivity index is 2.09. The van der Waals surface area contributed by atoms with Crippen LogP contribution in [-0.4, -0.2) is 5.84 Å². The average molecular weight is 284 g/mol. The quantitative estimate of drug-likeness (QED) is 0.765. The van der Waals surface area contributed by atoms with Gasteiger partial charge in [0.05, 0.1) is 0 Å². The summed E-state index contributed by atoms with van der Waals surface area (Å²) in [6.45, 7) is 0. The van der Waals surface area contributed by atoms with Crippen LogP contribution >= 0.6 is 0 Å². The first-order chi connectivity index (χ1) is 10.8. The van der Waals surface area contributed by atoms with E-state index in [1.807, 2.05) is 54.6 Å². The van der Waals surface area contributed by atoms with Crippen molar-refractivity contribution in [1.29, 1.82) is 0 Å². The SMILES string of the molecule is NC1=NC(c2ccccc2)(c2ccccc2)c2ccccc21. The molecule has 0 radical (unpaired) electrons. The summed E-state index contributed by atoms with van der Waals surface area (Å²) in [6, 6.07) is 28.9. The molecule has 0 unspecified atom stereocenters. The fourth-order valence-corrected chi connectivity index (χ4v) is 3.29. The highest BCUT2D eigenvalue weighted by Crippen LogP contribution is 2.45. The molecule has 1 aliphatic rings. The molecule has 1 aliphatic heterocycles. The number of fused-ring (bicyclic) bond motifs is 1. The molecule has 3 aromatic rings. The molecule has 0 aromatic heterocycles. The first-order valence-corrected chi connectivity index (χ1v) is 7.38. The number of rotatable bonds is 2. The minimum atomic E-state index is -0.552. The third-order valence-corrected chi connectivity index (χ3v) is 4.26. The van der Waals surface area contributed by atoms with Crippen molar-refractivity contribution >= 4 is 5.84 Å². The summed E-state index contributed by atoms with van der Waals surface area (Å²) in [6.07, 6.45) is 0. The molecule has 1 heterocycles. The van der Waals surface area contributed by atoms with Gasteiger partial charge in [-0.05, 0) is 16.7 Å². The summed E-state index contributed by atoms with van der Waals surface area (Å²) < 4.78 is 0. The van der Waals surface area contributed by atoms with Crippen LogP contribution in [0.15, 0.2) is 89.9 Å². The maximum absolute atomic E-state index is 6.25. The molecule has 106 valence electrons. The van der Waals surface area contributed by atoms with Crippen molar-refractivity contribution in [2.45, 2.75) is 5.54 Å².